The highest BCUT2D eigenvalue weighted by Gasteiger charge is 2.43. The zero-order valence-electron chi connectivity index (χ0n) is 18.2. The van der Waals surface area contributed by atoms with Crippen LogP contribution in [-0.4, -0.2) is 6.16 Å². The second kappa shape index (κ2) is 12.3. The van der Waals surface area contributed by atoms with Gasteiger partial charge in [-0.05, 0) is 55.7 Å². The highest BCUT2D eigenvalue weighted by molar-refractivity contribution is 7.95. The Labute approximate surface area is 183 Å². The summed E-state index contributed by atoms with van der Waals surface area (Å²) in [5.41, 5.74) is 0. The number of allylic oxidation sites excluding steroid dienone is 4. The van der Waals surface area contributed by atoms with Gasteiger partial charge < -0.3 is 0 Å². The average molecular weight is 414 g/mol. The fourth-order valence-corrected chi connectivity index (χ4v) is 7.98. The molecule has 154 valence electrons. The molecule has 0 aromatic heterocycles. The van der Waals surface area contributed by atoms with E-state index < -0.39 is 7.26 Å². The summed E-state index contributed by atoms with van der Waals surface area (Å²) in [5.74, 6) is 0. The first kappa shape index (κ1) is 22.3. The van der Waals surface area contributed by atoms with Crippen LogP contribution in [0.1, 0.15) is 39.0 Å². The van der Waals surface area contributed by atoms with E-state index in [0.717, 1.165) is 12.6 Å². The van der Waals surface area contributed by atoms with Crippen LogP contribution >= 0.6 is 7.26 Å². The number of unbranched alkanes of at least 4 members (excludes halogenated alkanes) is 3. The fraction of sp³-hybridized carbons (Fsp3) is 0.241. The number of hydrogen-bond donors (Lipinski definition) is 0. The molecule has 0 fully saturated rings. The molecular formula is C29H34P+. The maximum Gasteiger partial charge on any atom is 0.115 e. The summed E-state index contributed by atoms with van der Waals surface area (Å²) in [6.45, 7) is 2.26. The summed E-state index contributed by atoms with van der Waals surface area (Å²) < 4.78 is 0. The molecule has 0 heterocycles. The molecule has 0 saturated carbocycles. The van der Waals surface area contributed by atoms with Crippen LogP contribution in [0.3, 0.4) is 0 Å². The van der Waals surface area contributed by atoms with Crippen molar-refractivity contribution in [3.8, 4) is 0 Å². The maximum atomic E-state index is 2.41. The van der Waals surface area contributed by atoms with Crippen LogP contribution in [0.4, 0.5) is 0 Å². The summed E-state index contributed by atoms with van der Waals surface area (Å²) in [5, 5.41) is 4.34. The Bertz CT molecular complexity index is 798. The third-order valence-electron chi connectivity index (χ3n) is 5.55. The molecule has 0 saturated heterocycles. The van der Waals surface area contributed by atoms with Crippen LogP contribution < -0.4 is 15.9 Å². The van der Waals surface area contributed by atoms with Gasteiger partial charge in [0.25, 0.3) is 0 Å². The van der Waals surface area contributed by atoms with Gasteiger partial charge in [0.2, 0.25) is 0 Å². The second-order valence-corrected chi connectivity index (χ2v) is 11.2. The van der Waals surface area contributed by atoms with Crippen molar-refractivity contribution >= 4 is 23.2 Å². The molecule has 0 aliphatic rings. The average Bonchev–Trinajstić information content (AvgIpc) is 2.82. The van der Waals surface area contributed by atoms with Crippen molar-refractivity contribution in [1.82, 2.24) is 0 Å². The topological polar surface area (TPSA) is 0 Å². The molecule has 3 rings (SSSR count). The minimum absolute atomic E-state index is 1.02. The molecule has 1 heteroatoms. The van der Waals surface area contributed by atoms with Crippen LogP contribution in [0.15, 0.2) is 115 Å². The molecule has 0 radical (unpaired) electrons. The van der Waals surface area contributed by atoms with E-state index in [1.807, 2.05) is 0 Å². The van der Waals surface area contributed by atoms with Gasteiger partial charge in [0.15, 0.2) is 0 Å². The highest BCUT2D eigenvalue weighted by atomic mass is 31.2. The van der Waals surface area contributed by atoms with E-state index in [1.54, 1.807) is 0 Å². The van der Waals surface area contributed by atoms with Crippen LogP contribution in [0.5, 0.6) is 0 Å². The predicted octanol–water partition coefficient (Wildman–Crippen LogP) is 7.06. The van der Waals surface area contributed by atoms with Gasteiger partial charge in [-0.15, -0.1) is 0 Å². The Morgan fingerprint density at radius 1 is 0.567 bits per heavy atom. The molecule has 0 aliphatic heterocycles. The quantitative estimate of drug-likeness (QED) is 0.179. The molecule has 0 aliphatic carbocycles. The first-order chi connectivity index (χ1) is 14.9. The van der Waals surface area contributed by atoms with Gasteiger partial charge >= 0.3 is 0 Å². The van der Waals surface area contributed by atoms with E-state index in [-0.39, 0.29) is 0 Å². The molecule has 0 atom stereocenters. The lowest BCUT2D eigenvalue weighted by Gasteiger charge is -2.26. The summed E-state index contributed by atoms with van der Waals surface area (Å²) in [4.78, 5) is 0. The molecule has 0 amide bonds. The predicted molar refractivity (Wildman–Crippen MR) is 137 cm³/mol. The molecule has 0 spiro atoms. The molecular weight excluding hydrogens is 379 g/mol. The van der Waals surface area contributed by atoms with E-state index in [2.05, 4.69) is 122 Å². The molecule has 30 heavy (non-hydrogen) atoms. The van der Waals surface area contributed by atoms with E-state index in [9.17, 15) is 0 Å². The first-order valence-corrected chi connectivity index (χ1v) is 13.2. The van der Waals surface area contributed by atoms with Crippen LogP contribution in [-0.2, 0) is 0 Å². The van der Waals surface area contributed by atoms with Crippen molar-refractivity contribution < 1.29 is 0 Å². The van der Waals surface area contributed by atoms with Crippen LogP contribution in [0.25, 0.3) is 0 Å². The zero-order valence-corrected chi connectivity index (χ0v) is 19.1. The number of benzene rings is 3. The van der Waals surface area contributed by atoms with Crippen molar-refractivity contribution in [3.63, 3.8) is 0 Å². The van der Waals surface area contributed by atoms with Gasteiger partial charge in [-0.3, -0.25) is 0 Å². The largest absolute Gasteiger partial charge is 0.115 e. The first-order valence-electron chi connectivity index (χ1n) is 11.2. The standard InChI is InChI=1S/C29H34P/c1-2-3-4-5-6-7-8-9-19-26-30(27-20-13-10-14-21-27,28-22-15-11-16-23-28)29-24-17-12-18-25-29/h6-7,9-25H,2-5,8,26H2,1H3/q+1/b7-6-,19-9-. The lowest BCUT2D eigenvalue weighted by Crippen LogP contribution is -2.32. The van der Waals surface area contributed by atoms with Crippen molar-refractivity contribution in [2.45, 2.75) is 39.0 Å². The van der Waals surface area contributed by atoms with E-state index in [4.69, 9.17) is 0 Å². The fourth-order valence-electron chi connectivity index (χ4n) is 3.94. The van der Waals surface area contributed by atoms with Crippen LogP contribution in [0.2, 0.25) is 0 Å². The highest BCUT2D eigenvalue weighted by Crippen LogP contribution is 2.55. The number of rotatable bonds is 11. The van der Waals surface area contributed by atoms with Crippen LogP contribution in [0, 0.1) is 0 Å². The molecule has 3 aromatic carbocycles. The Morgan fingerprint density at radius 2 is 1.03 bits per heavy atom. The molecule has 0 unspecified atom stereocenters. The third kappa shape index (κ3) is 5.80. The summed E-state index contributed by atoms with van der Waals surface area (Å²) >= 11 is 0. The van der Waals surface area contributed by atoms with Gasteiger partial charge in [-0.25, -0.2) is 0 Å². The lowest BCUT2D eigenvalue weighted by molar-refractivity contribution is 0.728. The van der Waals surface area contributed by atoms with Crippen molar-refractivity contribution in [2.75, 3.05) is 6.16 Å². The summed E-state index contributed by atoms with van der Waals surface area (Å²) in [6, 6.07) is 33.3. The van der Waals surface area contributed by atoms with Gasteiger partial charge in [0.1, 0.15) is 23.2 Å². The minimum atomic E-state index is -1.73. The normalized spacial score (nSPS) is 12.0. The monoisotopic (exact) mass is 413 g/mol. The van der Waals surface area contributed by atoms with Gasteiger partial charge in [0, 0.05) is 0 Å². The van der Waals surface area contributed by atoms with Crippen molar-refractivity contribution in [3.05, 3.63) is 115 Å². The Balaban J connectivity index is 1.89. The van der Waals surface area contributed by atoms with Gasteiger partial charge in [0.05, 0.1) is 6.16 Å². The SMILES string of the molecule is CCCCC/C=C\C/C=C\C[P+](c1ccccc1)(c1ccccc1)c1ccccc1. The summed E-state index contributed by atoms with van der Waals surface area (Å²) in [7, 11) is -1.73. The molecule has 3 aromatic rings. The smallest absolute Gasteiger partial charge is 0.0882 e. The second-order valence-electron chi connectivity index (χ2n) is 7.67. The zero-order chi connectivity index (χ0) is 20.9. The van der Waals surface area contributed by atoms with Gasteiger partial charge in [-0.1, -0.05) is 98.7 Å². The van der Waals surface area contributed by atoms with Crippen molar-refractivity contribution in [1.29, 1.82) is 0 Å². The maximum absolute atomic E-state index is 2.41. The lowest BCUT2D eigenvalue weighted by atomic mass is 10.2. The van der Waals surface area contributed by atoms with E-state index in [0.29, 0.717) is 0 Å². The summed E-state index contributed by atoms with van der Waals surface area (Å²) in [6.07, 6.45) is 16.6. The van der Waals surface area contributed by atoms with Gasteiger partial charge in [-0.2, -0.15) is 0 Å². The van der Waals surface area contributed by atoms with Crippen molar-refractivity contribution in [2.24, 2.45) is 0 Å². The third-order valence-corrected chi connectivity index (χ3v) is 9.85. The number of hydrogen-bond acceptors (Lipinski definition) is 0. The minimum Gasteiger partial charge on any atom is -0.0882 e. The molecule has 0 nitrogen and oxygen atoms in total. The van der Waals surface area contributed by atoms with E-state index in [1.165, 1.54) is 41.6 Å². The Hall–Kier alpha value is -2.43. The Morgan fingerprint density at radius 3 is 1.50 bits per heavy atom. The molecule has 0 N–H and O–H groups in total. The molecule has 0 bridgehead atoms. The Kier molecular flexibility index (Phi) is 9.13. The van der Waals surface area contributed by atoms with E-state index >= 15 is 0 Å².